The zero-order chi connectivity index (χ0) is 14.8. The Morgan fingerprint density at radius 3 is 2.45 bits per heavy atom. The first-order valence-electron chi connectivity index (χ1n) is 6.76. The van der Waals surface area contributed by atoms with Crippen molar-refractivity contribution in [2.24, 2.45) is 0 Å². The quantitative estimate of drug-likeness (QED) is 0.929. The van der Waals surface area contributed by atoms with Crippen LogP contribution < -0.4 is 4.72 Å². The smallest absolute Gasteiger partial charge is 0.261 e. The number of allylic oxidation sites excluding steroid dienone is 1. The molecule has 110 valence electrons. The summed E-state index contributed by atoms with van der Waals surface area (Å²) >= 11 is 0. The van der Waals surface area contributed by atoms with Gasteiger partial charge in [0.1, 0.15) is 0 Å². The molecule has 0 saturated heterocycles. The lowest BCUT2D eigenvalue weighted by Crippen LogP contribution is -2.29. The summed E-state index contributed by atoms with van der Waals surface area (Å²) in [7, 11) is -1.85. The van der Waals surface area contributed by atoms with Crippen LogP contribution >= 0.6 is 0 Å². The first kappa shape index (κ1) is 15.1. The molecule has 5 heteroatoms. The molecule has 20 heavy (non-hydrogen) atoms. The number of hydrogen-bond donors (Lipinski definition) is 1. The zero-order valence-corrected chi connectivity index (χ0v) is 13.0. The van der Waals surface area contributed by atoms with E-state index in [9.17, 15) is 8.42 Å². The fourth-order valence-corrected chi connectivity index (χ4v) is 3.64. The van der Waals surface area contributed by atoms with Crippen molar-refractivity contribution < 1.29 is 13.2 Å². The summed E-state index contributed by atoms with van der Waals surface area (Å²) < 4.78 is 32.8. The van der Waals surface area contributed by atoms with Crippen LogP contribution in [0.15, 0.2) is 40.4 Å². The van der Waals surface area contributed by atoms with Gasteiger partial charge < -0.3 is 4.74 Å². The highest BCUT2D eigenvalue weighted by atomic mass is 32.2. The SMILES string of the molecule is COC1CCCC(NS(=O)(=O)c2ccc(C)cc2)=C1C. The average molecular weight is 295 g/mol. The highest BCUT2D eigenvalue weighted by molar-refractivity contribution is 7.89. The summed E-state index contributed by atoms with van der Waals surface area (Å²) in [6, 6.07) is 6.86. The summed E-state index contributed by atoms with van der Waals surface area (Å²) in [6.07, 6.45) is 2.63. The second-order valence-electron chi connectivity index (χ2n) is 5.20. The van der Waals surface area contributed by atoms with Gasteiger partial charge in [-0.3, -0.25) is 4.72 Å². The Morgan fingerprint density at radius 1 is 1.20 bits per heavy atom. The van der Waals surface area contributed by atoms with Crippen LogP contribution in [0.2, 0.25) is 0 Å². The second-order valence-corrected chi connectivity index (χ2v) is 6.88. The summed E-state index contributed by atoms with van der Waals surface area (Å²) in [5.41, 5.74) is 2.79. The maximum absolute atomic E-state index is 12.4. The monoisotopic (exact) mass is 295 g/mol. The normalized spacial score (nSPS) is 20.1. The number of sulfonamides is 1. The van der Waals surface area contributed by atoms with E-state index in [4.69, 9.17) is 4.74 Å². The van der Waals surface area contributed by atoms with Gasteiger partial charge in [-0.2, -0.15) is 0 Å². The molecule has 0 amide bonds. The fourth-order valence-electron chi connectivity index (χ4n) is 2.44. The Balaban J connectivity index is 2.26. The van der Waals surface area contributed by atoms with Gasteiger partial charge in [-0.15, -0.1) is 0 Å². The van der Waals surface area contributed by atoms with Crippen molar-refractivity contribution in [2.45, 2.75) is 44.1 Å². The number of methoxy groups -OCH3 is 1. The molecular formula is C15H21NO3S. The molecule has 1 aliphatic carbocycles. The number of nitrogens with one attached hydrogen (secondary N) is 1. The van der Waals surface area contributed by atoms with E-state index in [0.717, 1.165) is 36.1 Å². The molecule has 1 aromatic carbocycles. The highest BCUT2D eigenvalue weighted by Gasteiger charge is 2.23. The topological polar surface area (TPSA) is 55.4 Å². The highest BCUT2D eigenvalue weighted by Crippen LogP contribution is 2.26. The Morgan fingerprint density at radius 2 is 1.85 bits per heavy atom. The van der Waals surface area contributed by atoms with Crippen LogP contribution in [0.25, 0.3) is 0 Å². The van der Waals surface area contributed by atoms with Crippen molar-refractivity contribution in [2.75, 3.05) is 7.11 Å². The van der Waals surface area contributed by atoms with Gasteiger partial charge in [-0.05, 0) is 50.8 Å². The number of aryl methyl sites for hydroxylation is 1. The van der Waals surface area contributed by atoms with Gasteiger partial charge in [0.15, 0.2) is 0 Å². The third kappa shape index (κ3) is 3.22. The summed E-state index contributed by atoms with van der Waals surface area (Å²) in [4.78, 5) is 0.294. The minimum absolute atomic E-state index is 0.0134. The van der Waals surface area contributed by atoms with Crippen LogP contribution in [0.3, 0.4) is 0 Å². The maximum atomic E-state index is 12.4. The first-order chi connectivity index (χ1) is 9.44. The first-order valence-corrected chi connectivity index (χ1v) is 8.24. The van der Waals surface area contributed by atoms with E-state index in [1.165, 1.54) is 0 Å². The molecular weight excluding hydrogens is 274 g/mol. The van der Waals surface area contributed by atoms with Crippen molar-refractivity contribution in [1.29, 1.82) is 0 Å². The summed E-state index contributed by atoms with van der Waals surface area (Å²) in [5, 5.41) is 0. The van der Waals surface area contributed by atoms with Crippen LogP contribution in [-0.2, 0) is 14.8 Å². The van der Waals surface area contributed by atoms with E-state index >= 15 is 0 Å². The van der Waals surface area contributed by atoms with Gasteiger partial charge in [0, 0.05) is 12.8 Å². The molecule has 0 heterocycles. The molecule has 0 fully saturated rings. The summed E-state index contributed by atoms with van der Waals surface area (Å²) in [6.45, 7) is 3.86. The van der Waals surface area contributed by atoms with E-state index in [1.807, 2.05) is 13.8 Å². The zero-order valence-electron chi connectivity index (χ0n) is 12.1. The number of benzene rings is 1. The largest absolute Gasteiger partial charge is 0.377 e. The van der Waals surface area contributed by atoms with Crippen LogP contribution in [0, 0.1) is 6.92 Å². The van der Waals surface area contributed by atoms with E-state index in [-0.39, 0.29) is 6.10 Å². The average Bonchev–Trinajstić information content (AvgIpc) is 2.41. The lowest BCUT2D eigenvalue weighted by atomic mass is 9.95. The van der Waals surface area contributed by atoms with Crippen molar-refractivity contribution in [3.63, 3.8) is 0 Å². The van der Waals surface area contributed by atoms with Crippen molar-refractivity contribution in [1.82, 2.24) is 4.72 Å². The van der Waals surface area contributed by atoms with Crippen LogP contribution in [0.4, 0.5) is 0 Å². The van der Waals surface area contributed by atoms with Crippen molar-refractivity contribution in [3.05, 3.63) is 41.1 Å². The summed E-state index contributed by atoms with van der Waals surface area (Å²) in [5.74, 6) is 0. The Hall–Kier alpha value is -1.33. The predicted molar refractivity (Wildman–Crippen MR) is 78.8 cm³/mol. The van der Waals surface area contributed by atoms with Crippen molar-refractivity contribution in [3.8, 4) is 0 Å². The van der Waals surface area contributed by atoms with E-state index < -0.39 is 10.0 Å². The molecule has 0 spiro atoms. The van der Waals surface area contributed by atoms with E-state index in [2.05, 4.69) is 4.72 Å². The van der Waals surface area contributed by atoms with Crippen molar-refractivity contribution >= 4 is 10.0 Å². The van der Waals surface area contributed by atoms with Gasteiger partial charge in [0.25, 0.3) is 10.0 Å². The number of hydrogen-bond acceptors (Lipinski definition) is 3. The number of rotatable bonds is 4. The standard InChI is InChI=1S/C15H21NO3S/c1-11-7-9-13(10-8-11)20(17,18)16-14-5-4-6-15(19-3)12(14)2/h7-10,15-16H,4-6H2,1-3H3. The third-order valence-corrected chi connectivity index (χ3v) is 5.13. The molecule has 1 N–H and O–H groups in total. The van der Waals surface area contributed by atoms with Gasteiger partial charge in [-0.25, -0.2) is 8.42 Å². The molecule has 0 aliphatic heterocycles. The third-order valence-electron chi connectivity index (χ3n) is 3.73. The van der Waals surface area contributed by atoms with Gasteiger partial charge in [0.2, 0.25) is 0 Å². The molecule has 1 aliphatic rings. The number of ether oxygens (including phenoxy) is 1. The Kier molecular flexibility index (Phi) is 4.50. The maximum Gasteiger partial charge on any atom is 0.261 e. The molecule has 0 radical (unpaired) electrons. The Labute approximate surface area is 120 Å². The fraction of sp³-hybridized carbons (Fsp3) is 0.467. The molecule has 0 aromatic heterocycles. The molecule has 1 unspecified atom stereocenters. The van der Waals surface area contributed by atoms with Gasteiger partial charge in [-0.1, -0.05) is 17.7 Å². The minimum Gasteiger partial charge on any atom is -0.377 e. The molecule has 1 aromatic rings. The van der Waals surface area contributed by atoms with Gasteiger partial charge >= 0.3 is 0 Å². The van der Waals surface area contributed by atoms with Gasteiger partial charge in [0.05, 0.1) is 11.0 Å². The second kappa shape index (κ2) is 5.97. The predicted octanol–water partition coefficient (Wildman–Crippen LogP) is 2.75. The molecule has 0 bridgehead atoms. The van der Waals surface area contributed by atoms with Crippen LogP contribution in [0.5, 0.6) is 0 Å². The van der Waals surface area contributed by atoms with E-state index in [1.54, 1.807) is 31.4 Å². The molecule has 2 rings (SSSR count). The van der Waals surface area contributed by atoms with Crippen LogP contribution in [0.1, 0.15) is 31.7 Å². The lowest BCUT2D eigenvalue weighted by Gasteiger charge is -2.26. The lowest BCUT2D eigenvalue weighted by molar-refractivity contribution is 0.116. The Bertz CT molecular complexity index is 603. The van der Waals surface area contributed by atoms with Crippen LogP contribution in [-0.4, -0.2) is 21.6 Å². The minimum atomic E-state index is -3.50. The molecule has 4 nitrogen and oxygen atoms in total. The van der Waals surface area contributed by atoms with E-state index in [0.29, 0.717) is 4.90 Å². The molecule has 0 saturated carbocycles. The molecule has 1 atom stereocenters.